The molecule has 1 aliphatic carbocycles. The van der Waals surface area contributed by atoms with E-state index in [9.17, 15) is 0 Å². The third kappa shape index (κ3) is 8.38. The molecule has 14 heavy (non-hydrogen) atoms. The van der Waals surface area contributed by atoms with E-state index in [4.69, 9.17) is 0 Å². The molecule has 0 aromatic carbocycles. The van der Waals surface area contributed by atoms with Crippen LogP contribution in [-0.4, -0.2) is 0 Å². The van der Waals surface area contributed by atoms with Crippen molar-refractivity contribution in [3.63, 3.8) is 0 Å². The molecule has 1 rings (SSSR count). The average molecular weight is 293 g/mol. The van der Waals surface area contributed by atoms with E-state index in [1.807, 2.05) is 0 Å². The maximum absolute atomic E-state index is 2.40. The second-order valence-electron chi connectivity index (χ2n) is 3.10. The predicted molar refractivity (Wildman–Crippen MR) is 67.9 cm³/mol. The molecule has 0 spiro atoms. The van der Waals surface area contributed by atoms with Gasteiger partial charge in [0.1, 0.15) is 0 Å². The normalized spacial score (nSPS) is 12.7. The Morgan fingerprint density at radius 3 is 2.36 bits per heavy atom. The SMILES string of the molecule is CCC[CH2][Ti][C]1=CC(C)=CC1.Cl.Cl.Cl. The van der Waals surface area contributed by atoms with E-state index in [-0.39, 0.29) is 56.4 Å². The summed E-state index contributed by atoms with van der Waals surface area (Å²) in [7, 11) is 0. The van der Waals surface area contributed by atoms with E-state index in [0.717, 1.165) is 0 Å². The smallest absolute Gasteiger partial charge is 0.147 e. The van der Waals surface area contributed by atoms with E-state index >= 15 is 0 Å². The number of unbranched alkanes of at least 4 members (excludes halogenated alkanes) is 1. The Balaban J connectivity index is -0.000000403. The Kier molecular flexibility index (Phi) is 17.7. The first kappa shape index (κ1) is 20.5. The van der Waals surface area contributed by atoms with Gasteiger partial charge in [-0.3, -0.25) is 0 Å². The molecule has 0 heterocycles. The average Bonchev–Trinajstić information content (AvgIpc) is 2.37. The van der Waals surface area contributed by atoms with Gasteiger partial charge in [-0.15, -0.1) is 37.2 Å². The van der Waals surface area contributed by atoms with Crippen molar-refractivity contribution in [2.45, 2.75) is 37.8 Å². The summed E-state index contributed by atoms with van der Waals surface area (Å²) in [5, 5.41) is 0. The van der Waals surface area contributed by atoms with E-state index in [1.165, 1.54) is 29.6 Å². The van der Waals surface area contributed by atoms with Crippen LogP contribution in [0.2, 0.25) is 4.73 Å². The van der Waals surface area contributed by atoms with Gasteiger partial charge in [-0.2, -0.15) is 0 Å². The minimum atomic E-state index is 0. The van der Waals surface area contributed by atoms with E-state index < -0.39 is 0 Å². The van der Waals surface area contributed by atoms with Gasteiger partial charge in [0.15, 0.2) is 0 Å². The Morgan fingerprint density at radius 2 is 1.93 bits per heavy atom. The molecule has 0 aromatic rings. The van der Waals surface area contributed by atoms with Crippen LogP contribution in [-0.2, 0) is 19.2 Å². The predicted octanol–water partition coefficient (Wildman–Crippen LogP) is 4.79. The Hall–Kier alpha value is 1.06. The van der Waals surface area contributed by atoms with Crippen LogP contribution in [0.1, 0.15) is 33.1 Å². The van der Waals surface area contributed by atoms with Crippen molar-refractivity contribution in [1.82, 2.24) is 0 Å². The largest absolute Gasteiger partial charge is 0.147 e. The second-order valence-corrected chi connectivity index (χ2v) is 5.44. The number of hydrogen-bond acceptors (Lipinski definition) is 0. The third-order valence-electron chi connectivity index (χ3n) is 1.93. The summed E-state index contributed by atoms with van der Waals surface area (Å²) < 4.78 is 3.26. The molecule has 0 radical (unpaired) electrons. The first-order valence-corrected chi connectivity index (χ1v) is 6.32. The molecular formula is C10H19Cl3Ti. The summed E-state index contributed by atoms with van der Waals surface area (Å²) in [6.45, 7) is 4.48. The molecule has 0 bridgehead atoms. The fourth-order valence-corrected chi connectivity index (χ4v) is 3.44. The molecule has 84 valence electrons. The molecule has 4 heteroatoms. The molecule has 0 unspecified atom stereocenters. The summed E-state index contributed by atoms with van der Waals surface area (Å²) >= 11 is 0.271. The first-order chi connectivity index (χ1) is 5.33. The van der Waals surface area contributed by atoms with Crippen LogP contribution in [0.5, 0.6) is 0 Å². The van der Waals surface area contributed by atoms with Crippen molar-refractivity contribution in [3.05, 3.63) is 21.6 Å². The third-order valence-corrected chi connectivity index (χ3v) is 4.12. The van der Waals surface area contributed by atoms with Gasteiger partial charge in [-0.05, 0) is 0 Å². The van der Waals surface area contributed by atoms with Gasteiger partial charge in [-0.25, -0.2) is 0 Å². The summed E-state index contributed by atoms with van der Waals surface area (Å²) in [5.74, 6) is 0. The van der Waals surface area contributed by atoms with Crippen molar-refractivity contribution in [1.29, 1.82) is 0 Å². The zero-order valence-electron chi connectivity index (χ0n) is 8.71. The minimum absolute atomic E-state index is 0. The van der Waals surface area contributed by atoms with E-state index in [1.54, 1.807) is 3.88 Å². The minimum Gasteiger partial charge on any atom is -0.147 e. The van der Waals surface area contributed by atoms with Crippen molar-refractivity contribution in [2.75, 3.05) is 0 Å². The Labute approximate surface area is 115 Å². The molecular weight excluding hydrogens is 274 g/mol. The van der Waals surface area contributed by atoms with Crippen LogP contribution in [0.4, 0.5) is 0 Å². The summed E-state index contributed by atoms with van der Waals surface area (Å²) in [6, 6.07) is 0. The standard InChI is InChI=1S/C6H7.C4H9.3ClH.Ti/c1-6-4-2-3-5-6;1-3-4-2;;;;/h4-5H,2H2,1H3;1,3-4H2,2H3;3*1H;. The molecule has 0 N–H and O–H groups in total. The maximum atomic E-state index is 2.40. The molecule has 0 aromatic heterocycles. The van der Waals surface area contributed by atoms with Gasteiger partial charge in [0.25, 0.3) is 0 Å². The van der Waals surface area contributed by atoms with E-state index in [0.29, 0.717) is 0 Å². The summed E-state index contributed by atoms with van der Waals surface area (Å²) in [4.78, 5) is 0. The zero-order valence-corrected chi connectivity index (χ0v) is 12.7. The van der Waals surface area contributed by atoms with Gasteiger partial charge in [0.05, 0.1) is 0 Å². The molecule has 0 aliphatic heterocycles. The molecule has 0 saturated carbocycles. The fourth-order valence-electron chi connectivity index (χ4n) is 1.21. The molecule has 0 atom stereocenters. The Bertz CT molecular complexity index is 188. The van der Waals surface area contributed by atoms with Crippen molar-refractivity contribution < 1.29 is 19.2 Å². The molecule has 0 nitrogen and oxygen atoms in total. The van der Waals surface area contributed by atoms with Crippen LogP contribution in [0, 0.1) is 0 Å². The van der Waals surface area contributed by atoms with Gasteiger partial charge in [0.2, 0.25) is 0 Å². The zero-order chi connectivity index (χ0) is 8.10. The Morgan fingerprint density at radius 1 is 1.29 bits per heavy atom. The number of halogens is 3. The van der Waals surface area contributed by atoms with Gasteiger partial charge < -0.3 is 0 Å². The topological polar surface area (TPSA) is 0 Å². The van der Waals surface area contributed by atoms with Crippen molar-refractivity contribution >= 4 is 37.2 Å². The van der Waals surface area contributed by atoms with Crippen LogP contribution >= 0.6 is 37.2 Å². The van der Waals surface area contributed by atoms with Gasteiger partial charge in [-0.1, -0.05) is 0 Å². The molecule has 1 aliphatic rings. The van der Waals surface area contributed by atoms with Crippen molar-refractivity contribution in [2.24, 2.45) is 0 Å². The second kappa shape index (κ2) is 12.1. The quantitative estimate of drug-likeness (QED) is 0.516. The van der Waals surface area contributed by atoms with Crippen LogP contribution in [0.15, 0.2) is 21.6 Å². The number of allylic oxidation sites excluding steroid dienone is 4. The summed E-state index contributed by atoms with van der Waals surface area (Å²) in [5.41, 5.74) is 1.49. The van der Waals surface area contributed by atoms with E-state index in [2.05, 4.69) is 26.0 Å². The number of rotatable bonds is 4. The van der Waals surface area contributed by atoms with Crippen LogP contribution < -0.4 is 0 Å². The molecule has 0 fully saturated rings. The van der Waals surface area contributed by atoms with Gasteiger partial charge in [0, 0.05) is 0 Å². The summed E-state index contributed by atoms with van der Waals surface area (Å²) in [6.07, 6.45) is 8.83. The first-order valence-electron chi connectivity index (χ1n) is 4.44. The maximum Gasteiger partial charge on any atom is -0.147 e. The number of hydrogen-bond donors (Lipinski definition) is 0. The fraction of sp³-hybridized carbons (Fsp3) is 0.600. The van der Waals surface area contributed by atoms with Crippen LogP contribution in [0.25, 0.3) is 0 Å². The molecule has 0 saturated heterocycles. The van der Waals surface area contributed by atoms with Gasteiger partial charge >= 0.3 is 78.6 Å². The monoisotopic (exact) mass is 292 g/mol. The van der Waals surface area contributed by atoms with Crippen molar-refractivity contribution in [3.8, 4) is 0 Å². The van der Waals surface area contributed by atoms with Crippen LogP contribution in [0.3, 0.4) is 0 Å². The molecule has 0 amide bonds.